The number of fused-ring (bicyclic) bond motifs is 1. The number of nitrogens with zero attached hydrogens (tertiary/aromatic N) is 2. The number of rotatable bonds is 5. The number of hydrogen-bond acceptors (Lipinski definition) is 2. The smallest absolute Gasteiger partial charge is 0.111 e. The van der Waals surface area contributed by atoms with Crippen molar-refractivity contribution in [1.82, 2.24) is 9.55 Å². The fourth-order valence-electron chi connectivity index (χ4n) is 2.19. The maximum atomic E-state index is 5.88. The van der Waals surface area contributed by atoms with E-state index in [1.54, 1.807) is 0 Å². The molecular formula is C13H16BrClN2S. The molecule has 1 heterocycles. The van der Waals surface area contributed by atoms with Crippen molar-refractivity contribution in [2.24, 2.45) is 0 Å². The summed E-state index contributed by atoms with van der Waals surface area (Å²) in [4.78, 5) is 4.71. The largest absolute Gasteiger partial charge is 0.324 e. The fourth-order valence-corrected chi connectivity index (χ4v) is 3.34. The summed E-state index contributed by atoms with van der Waals surface area (Å²) in [6.07, 6.45) is 2.94. The van der Waals surface area contributed by atoms with Crippen molar-refractivity contribution < 1.29 is 0 Å². The summed E-state index contributed by atoms with van der Waals surface area (Å²) in [6.45, 7) is 2.23. The SMILES string of the molecule is CSCC(C)n1c(CCCl)nc2cc(Br)ccc21. The van der Waals surface area contributed by atoms with Crippen molar-refractivity contribution >= 4 is 50.3 Å². The lowest BCUT2D eigenvalue weighted by Gasteiger charge is -2.16. The Labute approximate surface area is 125 Å². The Bertz CT molecular complexity index is 541. The monoisotopic (exact) mass is 346 g/mol. The van der Waals surface area contributed by atoms with Crippen LogP contribution < -0.4 is 0 Å². The summed E-state index contributed by atoms with van der Waals surface area (Å²) < 4.78 is 3.38. The average Bonchev–Trinajstić information content (AvgIpc) is 2.67. The summed E-state index contributed by atoms with van der Waals surface area (Å²) in [7, 11) is 0. The zero-order valence-electron chi connectivity index (χ0n) is 10.5. The first-order chi connectivity index (χ1) is 8.67. The van der Waals surface area contributed by atoms with Crippen molar-refractivity contribution in [1.29, 1.82) is 0 Å². The van der Waals surface area contributed by atoms with Crippen LogP contribution in [-0.2, 0) is 6.42 Å². The molecule has 0 fully saturated rings. The molecule has 1 aromatic heterocycles. The predicted octanol–water partition coefficient (Wildman–Crippen LogP) is 4.50. The van der Waals surface area contributed by atoms with E-state index in [4.69, 9.17) is 16.6 Å². The number of alkyl halides is 1. The van der Waals surface area contributed by atoms with Crippen molar-refractivity contribution in [3.63, 3.8) is 0 Å². The standard InChI is InChI=1S/C13H16BrClN2S/c1-9(8-18-2)17-12-4-3-10(14)7-11(12)16-13(17)5-6-15/h3-4,7,9H,5-6,8H2,1-2H3. The maximum absolute atomic E-state index is 5.88. The van der Waals surface area contributed by atoms with Crippen molar-refractivity contribution in [3.05, 3.63) is 28.5 Å². The van der Waals surface area contributed by atoms with Crippen molar-refractivity contribution in [3.8, 4) is 0 Å². The number of hydrogen-bond donors (Lipinski definition) is 0. The zero-order chi connectivity index (χ0) is 13.1. The fraction of sp³-hybridized carbons (Fsp3) is 0.462. The van der Waals surface area contributed by atoms with Crippen LogP contribution in [0.15, 0.2) is 22.7 Å². The molecule has 0 saturated heterocycles. The first-order valence-corrected chi connectivity index (χ1v) is 8.60. The van der Waals surface area contributed by atoms with E-state index < -0.39 is 0 Å². The van der Waals surface area contributed by atoms with Crippen molar-refractivity contribution in [2.75, 3.05) is 17.9 Å². The molecule has 0 amide bonds. The molecule has 2 rings (SSSR count). The van der Waals surface area contributed by atoms with E-state index >= 15 is 0 Å². The molecule has 0 spiro atoms. The lowest BCUT2D eigenvalue weighted by atomic mass is 10.3. The molecule has 0 aliphatic rings. The molecule has 1 atom stereocenters. The highest BCUT2D eigenvalue weighted by Gasteiger charge is 2.15. The van der Waals surface area contributed by atoms with Crippen LogP contribution in [0, 0.1) is 0 Å². The maximum Gasteiger partial charge on any atom is 0.111 e. The molecule has 0 aliphatic carbocycles. The van der Waals surface area contributed by atoms with E-state index in [9.17, 15) is 0 Å². The predicted molar refractivity (Wildman–Crippen MR) is 85.0 cm³/mol. The minimum Gasteiger partial charge on any atom is -0.324 e. The lowest BCUT2D eigenvalue weighted by molar-refractivity contribution is 0.597. The van der Waals surface area contributed by atoms with Gasteiger partial charge >= 0.3 is 0 Å². The molecule has 18 heavy (non-hydrogen) atoms. The summed E-state index contributed by atoms with van der Waals surface area (Å²) in [6, 6.07) is 6.69. The van der Waals surface area contributed by atoms with Crippen molar-refractivity contribution in [2.45, 2.75) is 19.4 Å². The second kappa shape index (κ2) is 6.31. The van der Waals surface area contributed by atoms with Crippen LogP contribution in [0.5, 0.6) is 0 Å². The molecule has 98 valence electrons. The summed E-state index contributed by atoms with van der Waals surface area (Å²) in [5.41, 5.74) is 2.23. The Morgan fingerprint density at radius 3 is 2.94 bits per heavy atom. The van der Waals surface area contributed by atoms with Gasteiger partial charge in [-0.1, -0.05) is 15.9 Å². The normalized spacial score (nSPS) is 13.1. The zero-order valence-corrected chi connectivity index (χ0v) is 13.6. The van der Waals surface area contributed by atoms with Gasteiger partial charge in [0.2, 0.25) is 0 Å². The van der Waals surface area contributed by atoms with Crippen LogP contribution in [0.2, 0.25) is 0 Å². The van der Waals surface area contributed by atoms with E-state index in [-0.39, 0.29) is 0 Å². The van der Waals surface area contributed by atoms with Gasteiger partial charge in [0, 0.05) is 28.6 Å². The van der Waals surface area contributed by atoms with Crippen LogP contribution >= 0.6 is 39.3 Å². The third-order valence-corrected chi connectivity index (χ3v) is 4.39. The van der Waals surface area contributed by atoms with E-state index in [1.165, 1.54) is 5.52 Å². The van der Waals surface area contributed by atoms with Crippen LogP contribution in [0.4, 0.5) is 0 Å². The quantitative estimate of drug-likeness (QED) is 0.741. The number of aryl methyl sites for hydroxylation is 1. The Morgan fingerprint density at radius 2 is 2.28 bits per heavy atom. The number of thioether (sulfide) groups is 1. The highest BCUT2D eigenvalue weighted by atomic mass is 79.9. The first-order valence-electron chi connectivity index (χ1n) is 5.88. The molecule has 0 saturated carbocycles. The molecule has 0 aliphatic heterocycles. The van der Waals surface area contributed by atoms with Gasteiger partial charge in [0.25, 0.3) is 0 Å². The molecular weight excluding hydrogens is 332 g/mol. The molecule has 1 aromatic carbocycles. The lowest BCUT2D eigenvalue weighted by Crippen LogP contribution is -2.12. The number of halogens is 2. The molecule has 0 N–H and O–H groups in total. The minimum absolute atomic E-state index is 0.435. The second-order valence-electron chi connectivity index (χ2n) is 4.27. The van der Waals surface area contributed by atoms with E-state index in [0.717, 1.165) is 28.0 Å². The first kappa shape index (κ1) is 14.2. The van der Waals surface area contributed by atoms with Gasteiger partial charge in [-0.05, 0) is 31.4 Å². The summed E-state index contributed by atoms with van der Waals surface area (Å²) >= 11 is 11.2. The van der Waals surface area contributed by atoms with E-state index in [0.29, 0.717) is 11.9 Å². The number of benzene rings is 1. The Morgan fingerprint density at radius 1 is 1.50 bits per heavy atom. The summed E-state index contributed by atoms with van der Waals surface area (Å²) in [5.74, 6) is 2.77. The van der Waals surface area contributed by atoms with Gasteiger partial charge in [-0.25, -0.2) is 4.98 Å². The Hall–Kier alpha value is -0.190. The van der Waals surface area contributed by atoms with Gasteiger partial charge in [0.1, 0.15) is 5.82 Å². The topological polar surface area (TPSA) is 17.8 Å². The highest BCUT2D eigenvalue weighted by Crippen LogP contribution is 2.26. The van der Waals surface area contributed by atoms with Crippen LogP contribution in [0.25, 0.3) is 11.0 Å². The average molecular weight is 348 g/mol. The Balaban J connectivity index is 2.54. The van der Waals surface area contributed by atoms with E-state index in [1.807, 2.05) is 11.8 Å². The van der Waals surface area contributed by atoms with E-state index in [2.05, 4.69) is 51.9 Å². The number of aromatic nitrogens is 2. The van der Waals surface area contributed by atoms with Gasteiger partial charge in [-0.3, -0.25) is 0 Å². The van der Waals surface area contributed by atoms with Crippen LogP contribution in [0.1, 0.15) is 18.8 Å². The molecule has 2 aromatic rings. The van der Waals surface area contributed by atoms with Gasteiger partial charge in [0.05, 0.1) is 11.0 Å². The molecule has 5 heteroatoms. The number of imidazole rings is 1. The molecule has 2 nitrogen and oxygen atoms in total. The molecule has 1 unspecified atom stereocenters. The Kier molecular flexibility index (Phi) is 4.98. The van der Waals surface area contributed by atoms with Gasteiger partial charge in [0.15, 0.2) is 0 Å². The van der Waals surface area contributed by atoms with Gasteiger partial charge in [-0.15, -0.1) is 11.6 Å². The summed E-state index contributed by atoms with van der Waals surface area (Å²) in [5, 5.41) is 0. The third kappa shape index (κ3) is 2.86. The highest BCUT2D eigenvalue weighted by molar-refractivity contribution is 9.10. The second-order valence-corrected chi connectivity index (χ2v) is 6.48. The van der Waals surface area contributed by atoms with Crippen LogP contribution in [-0.4, -0.2) is 27.4 Å². The third-order valence-electron chi connectivity index (χ3n) is 2.89. The van der Waals surface area contributed by atoms with Crippen LogP contribution in [0.3, 0.4) is 0 Å². The van der Waals surface area contributed by atoms with Gasteiger partial charge in [-0.2, -0.15) is 11.8 Å². The minimum atomic E-state index is 0.435. The molecule has 0 bridgehead atoms. The molecule has 0 radical (unpaired) electrons. The van der Waals surface area contributed by atoms with Gasteiger partial charge < -0.3 is 4.57 Å².